The largest absolute Gasteiger partial charge is 0.394 e. The molecule has 4 heterocycles. The minimum absolute atomic E-state index is 0.151. The second-order valence-corrected chi connectivity index (χ2v) is 19.3. The molecule has 10 aromatic rings. The van der Waals surface area contributed by atoms with Crippen LogP contribution in [0.15, 0.2) is 160 Å². The molecule has 5 N–H and O–H groups in total. The molecular weight excluding hydrogens is 1080 g/mol. The van der Waals surface area contributed by atoms with E-state index in [0.29, 0.717) is 33.6 Å². The molecule has 0 saturated heterocycles. The van der Waals surface area contributed by atoms with Crippen molar-refractivity contribution in [3.05, 3.63) is 223 Å². The number of rotatable bonds is 13. The molecule has 4 aromatic heterocycles. The fraction of sp³-hybridized carbons (Fsp3) is 0.103. The molecule has 0 aliphatic heterocycles. The summed E-state index contributed by atoms with van der Waals surface area (Å²) in [5, 5.41) is 27.7. The maximum Gasteiger partial charge on any atom is 0.256 e. The number of anilines is 3. The van der Waals surface area contributed by atoms with Gasteiger partial charge in [0, 0.05) is 62.8 Å². The van der Waals surface area contributed by atoms with Crippen LogP contribution in [-0.4, -0.2) is 80.8 Å². The highest BCUT2D eigenvalue weighted by Gasteiger charge is 2.24. The molecule has 0 aliphatic carbocycles. The quantitative estimate of drug-likeness (QED) is 0.0538. The van der Waals surface area contributed by atoms with Gasteiger partial charge >= 0.3 is 0 Å². The molecule has 1 atom stereocenters. The number of aryl methyl sites for hydroxylation is 2. The highest BCUT2D eigenvalue weighted by Crippen LogP contribution is 2.34. The van der Waals surface area contributed by atoms with Gasteiger partial charge in [0.25, 0.3) is 22.9 Å². The van der Waals surface area contributed by atoms with E-state index < -0.39 is 99.3 Å². The number of carbonyl (C=O) groups is 2. The lowest BCUT2D eigenvalue weighted by Crippen LogP contribution is -2.29. The number of pyridine rings is 2. The molecule has 23 heteroatoms. The Bertz CT molecular complexity index is 4220. The van der Waals surface area contributed by atoms with Gasteiger partial charge < -0.3 is 26.2 Å². The van der Waals surface area contributed by atoms with E-state index in [0.717, 1.165) is 51.6 Å². The first-order chi connectivity index (χ1) is 38.8. The Morgan fingerprint density at radius 3 is 1.36 bits per heavy atom. The molecule has 410 valence electrons. The lowest BCUT2D eigenvalue weighted by molar-refractivity contribution is 0.101. The predicted molar refractivity (Wildman–Crippen MR) is 293 cm³/mol. The third-order valence-electron chi connectivity index (χ3n) is 12.5. The van der Waals surface area contributed by atoms with Crippen molar-refractivity contribution in [2.75, 3.05) is 35.4 Å². The maximum absolute atomic E-state index is 14.9. The van der Waals surface area contributed by atoms with Crippen LogP contribution in [0.25, 0.3) is 56.0 Å². The highest BCUT2D eigenvalue weighted by molar-refractivity contribution is 7.84. The van der Waals surface area contributed by atoms with E-state index in [-0.39, 0.29) is 55.7 Å². The van der Waals surface area contributed by atoms with E-state index in [4.69, 9.17) is 0 Å². The minimum Gasteiger partial charge on any atom is -0.394 e. The van der Waals surface area contributed by atoms with Crippen molar-refractivity contribution in [3.63, 3.8) is 0 Å². The van der Waals surface area contributed by atoms with E-state index in [1.807, 2.05) is 0 Å². The van der Waals surface area contributed by atoms with Gasteiger partial charge in [-0.25, -0.2) is 41.3 Å². The summed E-state index contributed by atoms with van der Waals surface area (Å²) in [5.41, 5.74) is 0.735. The molecule has 10 rings (SSSR count). The standard InChI is InChI=1S/C30H24F3N5O4.C28H19F3N4O3S/c1-16-5-6-17(29(42)34-19-9-7-18(31)8-10-19)13-22(16)26-21-11-12-25(41)38(27-23(32)3-2-4-24(27)33)28(21)37-30(36-26)35-20(14-39)15-40;1-15-6-7-16(27(37)32-18-10-8-17(29)9-11-18)14-20(15)24-19-12-13-23(36)35(25-21(30)4-3-5-22(25)31)26(19)34-28(33-24)39(2)38/h2-13,20,39-40H,14-15H2,1H3,(H,34,42)(H,35,36,37);3-14H,1-2H3,(H,32,37). The zero-order chi connectivity index (χ0) is 57.8. The molecule has 2 amide bonds. The lowest BCUT2D eigenvalue weighted by Gasteiger charge is -2.18. The number of benzene rings is 6. The first-order valence-electron chi connectivity index (χ1n) is 24.3. The number of hydrogen-bond acceptors (Lipinski definition) is 12. The Balaban J connectivity index is 0.000000196. The number of amides is 2. The van der Waals surface area contributed by atoms with Crippen molar-refractivity contribution < 1.29 is 50.4 Å². The second-order valence-electron chi connectivity index (χ2n) is 18.0. The first-order valence-corrected chi connectivity index (χ1v) is 25.8. The van der Waals surface area contributed by atoms with Gasteiger partial charge in [-0.05, 0) is 134 Å². The Morgan fingerprint density at radius 2 is 0.951 bits per heavy atom. The zero-order valence-electron chi connectivity index (χ0n) is 42.6. The van der Waals surface area contributed by atoms with Crippen LogP contribution in [-0.2, 0) is 10.8 Å². The molecule has 1 unspecified atom stereocenters. The third-order valence-corrected chi connectivity index (χ3v) is 13.2. The van der Waals surface area contributed by atoms with Gasteiger partial charge in [-0.1, -0.05) is 24.3 Å². The second kappa shape index (κ2) is 23.7. The number of para-hydroxylation sites is 2. The number of aliphatic hydroxyl groups is 2. The van der Waals surface area contributed by atoms with Crippen LogP contribution >= 0.6 is 0 Å². The topological polar surface area (TPSA) is 223 Å². The van der Waals surface area contributed by atoms with Crippen LogP contribution in [0.4, 0.5) is 43.7 Å². The monoisotopic (exact) mass is 1120 g/mol. The average Bonchev–Trinajstić information content (AvgIpc) is 3.27. The van der Waals surface area contributed by atoms with Crippen LogP contribution in [0, 0.1) is 48.8 Å². The summed E-state index contributed by atoms with van der Waals surface area (Å²) in [5.74, 6) is -6.00. The van der Waals surface area contributed by atoms with Crippen molar-refractivity contribution >= 4 is 62.0 Å². The number of aliphatic hydroxyl groups excluding tert-OH is 2. The third kappa shape index (κ3) is 11.9. The van der Waals surface area contributed by atoms with E-state index in [1.165, 1.54) is 73.0 Å². The number of fused-ring (bicyclic) bond motifs is 2. The summed E-state index contributed by atoms with van der Waals surface area (Å²) in [6.07, 6.45) is 1.33. The van der Waals surface area contributed by atoms with Gasteiger partial charge in [0.2, 0.25) is 11.1 Å². The van der Waals surface area contributed by atoms with Gasteiger partial charge in [-0.15, -0.1) is 0 Å². The Kier molecular flexibility index (Phi) is 16.4. The van der Waals surface area contributed by atoms with E-state index in [2.05, 4.69) is 35.9 Å². The first kappa shape index (κ1) is 56.0. The van der Waals surface area contributed by atoms with Gasteiger partial charge in [0.05, 0.1) is 41.4 Å². The summed E-state index contributed by atoms with van der Waals surface area (Å²) in [7, 11) is -1.74. The van der Waals surface area contributed by atoms with E-state index >= 15 is 0 Å². The SMILES string of the molecule is Cc1ccc(C(=O)Nc2ccc(F)cc2)cc1-c1nc(NC(CO)CO)nc2c1ccc(=O)n2-c1c(F)cccc1F.Cc1ccc(C(=O)Nc2ccc(F)cc2)cc1-c1nc(S(C)=O)nc2c1ccc(=O)n2-c1c(F)cccc1F. The van der Waals surface area contributed by atoms with E-state index in [1.54, 1.807) is 50.2 Å². The van der Waals surface area contributed by atoms with Crippen LogP contribution in [0.2, 0.25) is 0 Å². The Hall–Kier alpha value is -9.71. The molecule has 0 bridgehead atoms. The normalized spacial score (nSPS) is 11.6. The highest BCUT2D eigenvalue weighted by atomic mass is 32.2. The summed E-state index contributed by atoms with van der Waals surface area (Å²) in [4.78, 5) is 69.5. The van der Waals surface area contributed by atoms with Gasteiger partial charge in [-0.3, -0.25) is 32.5 Å². The lowest BCUT2D eigenvalue weighted by atomic mass is 9.99. The number of nitrogens with one attached hydrogen (secondary N) is 3. The molecule has 81 heavy (non-hydrogen) atoms. The number of hydrogen-bond donors (Lipinski definition) is 5. The summed E-state index contributed by atoms with van der Waals surface area (Å²) in [6.45, 7) is 2.54. The smallest absolute Gasteiger partial charge is 0.256 e. The van der Waals surface area contributed by atoms with Crippen molar-refractivity contribution in [1.29, 1.82) is 0 Å². The fourth-order valence-electron chi connectivity index (χ4n) is 8.49. The van der Waals surface area contributed by atoms with Crippen LogP contribution < -0.4 is 27.1 Å². The molecular formula is C58H43F6N9O7S. The summed E-state index contributed by atoms with van der Waals surface area (Å²) in [6, 6.07) is 30.7. The molecule has 6 aromatic carbocycles. The molecule has 0 aliphatic rings. The fourth-order valence-corrected chi connectivity index (χ4v) is 8.93. The molecule has 0 spiro atoms. The molecule has 0 radical (unpaired) electrons. The number of carbonyl (C=O) groups excluding carboxylic acids is 2. The number of halogens is 6. The van der Waals surface area contributed by atoms with Gasteiger partial charge in [0.15, 0.2) is 11.3 Å². The molecule has 0 saturated carbocycles. The van der Waals surface area contributed by atoms with Crippen LogP contribution in [0.5, 0.6) is 0 Å². The Morgan fingerprint density at radius 1 is 0.543 bits per heavy atom. The number of nitrogens with zero attached hydrogens (tertiary/aromatic N) is 6. The summed E-state index contributed by atoms with van der Waals surface area (Å²) < 4.78 is 99.9. The van der Waals surface area contributed by atoms with Crippen molar-refractivity contribution in [3.8, 4) is 33.9 Å². The van der Waals surface area contributed by atoms with Gasteiger partial charge in [-0.2, -0.15) is 4.98 Å². The van der Waals surface area contributed by atoms with Crippen molar-refractivity contribution in [2.24, 2.45) is 0 Å². The zero-order valence-corrected chi connectivity index (χ0v) is 43.5. The van der Waals surface area contributed by atoms with Gasteiger partial charge in [0.1, 0.15) is 46.3 Å². The van der Waals surface area contributed by atoms with E-state index in [9.17, 15) is 59.9 Å². The number of aromatic nitrogens is 6. The maximum atomic E-state index is 14.9. The molecule has 16 nitrogen and oxygen atoms in total. The molecule has 0 fully saturated rings. The van der Waals surface area contributed by atoms with Crippen molar-refractivity contribution in [1.82, 2.24) is 29.1 Å². The predicted octanol–water partition coefficient (Wildman–Crippen LogP) is 9.35. The average molecular weight is 1120 g/mol. The Labute approximate surface area is 457 Å². The van der Waals surface area contributed by atoms with Crippen LogP contribution in [0.1, 0.15) is 31.8 Å². The van der Waals surface area contributed by atoms with Crippen molar-refractivity contribution in [2.45, 2.75) is 25.0 Å². The minimum atomic E-state index is -1.74. The summed E-state index contributed by atoms with van der Waals surface area (Å²) >= 11 is 0. The van der Waals surface area contributed by atoms with Crippen LogP contribution in [0.3, 0.4) is 0 Å².